The van der Waals surface area contributed by atoms with E-state index in [0.29, 0.717) is 0 Å². The second-order valence-corrected chi connectivity index (χ2v) is 6.62. The summed E-state index contributed by atoms with van der Waals surface area (Å²) in [5.74, 6) is 0. The summed E-state index contributed by atoms with van der Waals surface area (Å²) in [7, 11) is 0. The van der Waals surface area contributed by atoms with Gasteiger partial charge in [-0.25, -0.2) is 4.98 Å². The first kappa shape index (κ1) is 16.0. The fourth-order valence-electron chi connectivity index (χ4n) is 3.37. The molecule has 0 saturated heterocycles. The number of pyridine rings is 1. The van der Waals surface area contributed by atoms with Gasteiger partial charge in [0.25, 0.3) is 0 Å². The summed E-state index contributed by atoms with van der Waals surface area (Å²) in [5, 5.41) is 15.4. The van der Waals surface area contributed by atoms with Crippen LogP contribution in [0.2, 0.25) is 0 Å². The molecule has 1 aromatic heterocycles. The molecule has 0 unspecified atom stereocenters. The zero-order chi connectivity index (χ0) is 17.2. The summed E-state index contributed by atoms with van der Waals surface area (Å²) in [6, 6.07) is 18.3. The number of nitrogens with zero attached hydrogens (tertiary/aromatic N) is 1. The van der Waals surface area contributed by atoms with Crippen LogP contribution in [0.1, 0.15) is 23.7 Å². The van der Waals surface area contributed by atoms with Gasteiger partial charge in [-0.1, -0.05) is 60.2 Å². The van der Waals surface area contributed by atoms with Crippen LogP contribution < -0.4 is 5.32 Å². The van der Waals surface area contributed by atoms with Gasteiger partial charge >= 0.3 is 0 Å². The Morgan fingerprint density at radius 1 is 1.12 bits per heavy atom. The van der Waals surface area contributed by atoms with Gasteiger partial charge in [-0.3, -0.25) is 0 Å². The molecule has 0 fully saturated rings. The number of aromatic nitrogens is 1. The number of aliphatic hydroxyl groups excluding tert-OH is 1. The number of rotatable bonds is 3. The maximum absolute atomic E-state index is 11.0. The molecule has 0 spiro atoms. The molecule has 0 saturated carbocycles. The van der Waals surface area contributed by atoms with E-state index in [1.54, 1.807) is 0 Å². The van der Waals surface area contributed by atoms with Gasteiger partial charge in [-0.15, -0.1) is 0 Å². The van der Waals surface area contributed by atoms with Crippen LogP contribution in [0.5, 0.6) is 0 Å². The number of hydrogen-bond donors (Lipinski definition) is 2. The lowest BCUT2D eigenvalue weighted by molar-refractivity contribution is 0.147. The molecule has 0 bridgehead atoms. The van der Waals surface area contributed by atoms with Crippen LogP contribution >= 0.6 is 0 Å². The minimum atomic E-state index is -0.603. The molecule has 3 aromatic rings. The van der Waals surface area contributed by atoms with E-state index in [4.69, 9.17) is 4.98 Å². The number of nitrogens with one attached hydrogen (secondary N) is 1. The van der Waals surface area contributed by atoms with Crippen LogP contribution in [-0.2, 0) is 0 Å². The Balaban J connectivity index is 1.85. The maximum atomic E-state index is 11.0. The van der Waals surface area contributed by atoms with Gasteiger partial charge < -0.3 is 10.4 Å². The van der Waals surface area contributed by atoms with Gasteiger partial charge in [-0.2, -0.15) is 0 Å². The first-order chi connectivity index (χ1) is 12.2. The van der Waals surface area contributed by atoms with Crippen LogP contribution in [-0.4, -0.2) is 22.7 Å². The van der Waals surface area contributed by atoms with E-state index in [-0.39, 0.29) is 6.04 Å². The highest BCUT2D eigenvalue weighted by Crippen LogP contribution is 2.31. The number of benzene rings is 2. The van der Waals surface area contributed by atoms with E-state index in [1.807, 2.05) is 30.3 Å². The Morgan fingerprint density at radius 2 is 1.92 bits per heavy atom. The van der Waals surface area contributed by atoms with E-state index in [2.05, 4.69) is 48.7 Å². The molecule has 25 heavy (non-hydrogen) atoms. The first-order valence-electron chi connectivity index (χ1n) is 8.77. The highest BCUT2D eigenvalue weighted by Gasteiger charge is 2.22. The number of aryl methyl sites for hydroxylation is 1. The molecule has 2 atom stereocenters. The number of aliphatic hydroxyl groups is 1. The van der Waals surface area contributed by atoms with Crippen molar-refractivity contribution < 1.29 is 5.11 Å². The largest absolute Gasteiger partial charge is 0.386 e. The molecular formula is C22H22N2O. The van der Waals surface area contributed by atoms with Crippen molar-refractivity contribution in [2.75, 3.05) is 6.54 Å². The fraction of sp³-hybridized carbons (Fsp3) is 0.227. The van der Waals surface area contributed by atoms with Gasteiger partial charge in [-0.05, 0) is 37.6 Å². The second-order valence-electron chi connectivity index (χ2n) is 6.62. The zero-order valence-corrected chi connectivity index (χ0v) is 14.3. The van der Waals surface area contributed by atoms with Crippen LogP contribution in [0, 0.1) is 6.92 Å². The topological polar surface area (TPSA) is 45.1 Å². The lowest BCUT2D eigenvalue weighted by Gasteiger charge is -2.25. The van der Waals surface area contributed by atoms with Crippen LogP contribution in [0.15, 0.2) is 66.7 Å². The summed E-state index contributed by atoms with van der Waals surface area (Å²) >= 11 is 0. The van der Waals surface area contributed by atoms with Crippen molar-refractivity contribution in [2.45, 2.75) is 25.5 Å². The summed E-state index contributed by atoms with van der Waals surface area (Å²) < 4.78 is 0. The molecule has 0 aliphatic carbocycles. The third-order valence-corrected chi connectivity index (χ3v) is 4.79. The Hall–Kier alpha value is -2.49. The number of para-hydroxylation sites is 1. The Bertz CT molecular complexity index is 915. The average molecular weight is 330 g/mol. The van der Waals surface area contributed by atoms with Crippen LogP contribution in [0.3, 0.4) is 0 Å². The fourth-order valence-corrected chi connectivity index (χ4v) is 3.37. The molecule has 4 rings (SSSR count). The first-order valence-corrected chi connectivity index (χ1v) is 8.77. The molecule has 1 aliphatic heterocycles. The molecule has 0 radical (unpaired) electrons. The second kappa shape index (κ2) is 6.79. The van der Waals surface area contributed by atoms with E-state index in [0.717, 1.165) is 40.7 Å². The minimum absolute atomic E-state index is 0.0644. The molecule has 126 valence electrons. The number of hydrogen-bond acceptors (Lipinski definition) is 3. The predicted octanol–water partition coefficient (Wildman–Crippen LogP) is 4.16. The van der Waals surface area contributed by atoms with Gasteiger partial charge in [0, 0.05) is 10.9 Å². The van der Waals surface area contributed by atoms with Crippen LogP contribution in [0.25, 0.3) is 22.2 Å². The van der Waals surface area contributed by atoms with Gasteiger partial charge in [0.2, 0.25) is 0 Å². The summed E-state index contributed by atoms with van der Waals surface area (Å²) in [4.78, 5) is 4.81. The van der Waals surface area contributed by atoms with Crippen molar-refractivity contribution in [2.24, 2.45) is 0 Å². The molecule has 0 amide bonds. The van der Waals surface area contributed by atoms with Crippen molar-refractivity contribution in [3.8, 4) is 11.3 Å². The SMILES string of the molecule is Cc1ccc(-c2cc([C@@H](O)[C@H]3C=CCCN3)c3ccccc3n2)cc1. The van der Waals surface area contributed by atoms with E-state index < -0.39 is 6.10 Å². The summed E-state index contributed by atoms with van der Waals surface area (Å²) in [5.41, 5.74) is 5.02. The molecule has 3 heteroatoms. The molecular weight excluding hydrogens is 308 g/mol. The Morgan fingerprint density at radius 3 is 2.68 bits per heavy atom. The zero-order valence-electron chi connectivity index (χ0n) is 14.3. The van der Waals surface area contributed by atoms with Crippen molar-refractivity contribution in [1.29, 1.82) is 0 Å². The Labute approximate surface area is 148 Å². The van der Waals surface area contributed by atoms with E-state index in [9.17, 15) is 5.11 Å². The van der Waals surface area contributed by atoms with E-state index >= 15 is 0 Å². The lowest BCUT2D eigenvalue weighted by atomic mass is 9.94. The monoisotopic (exact) mass is 330 g/mol. The number of fused-ring (bicyclic) bond motifs is 1. The highest BCUT2D eigenvalue weighted by molar-refractivity contribution is 5.85. The maximum Gasteiger partial charge on any atom is 0.0986 e. The quantitative estimate of drug-likeness (QED) is 0.709. The van der Waals surface area contributed by atoms with Gasteiger partial charge in [0.1, 0.15) is 0 Å². The third kappa shape index (κ3) is 3.21. The predicted molar refractivity (Wildman–Crippen MR) is 102 cm³/mol. The average Bonchev–Trinajstić information content (AvgIpc) is 2.68. The molecule has 1 aliphatic rings. The molecule has 2 heterocycles. The molecule has 2 aromatic carbocycles. The summed E-state index contributed by atoms with van der Waals surface area (Å²) in [6.45, 7) is 2.97. The standard InChI is InChI=1S/C22H22N2O/c1-15-9-11-16(12-10-15)21-14-18(17-6-2-3-7-19(17)24-21)22(25)20-8-4-5-13-23-20/h2-4,6-12,14,20,22-23,25H,5,13H2,1H3/t20-,22-/m1/s1. The van der Waals surface area contributed by atoms with E-state index in [1.165, 1.54) is 5.56 Å². The van der Waals surface area contributed by atoms with Crippen molar-refractivity contribution >= 4 is 10.9 Å². The van der Waals surface area contributed by atoms with Gasteiger partial charge in [0.05, 0.1) is 23.4 Å². The van der Waals surface area contributed by atoms with Crippen molar-refractivity contribution in [3.05, 3.63) is 77.9 Å². The molecule has 2 N–H and O–H groups in total. The van der Waals surface area contributed by atoms with Crippen molar-refractivity contribution in [1.82, 2.24) is 10.3 Å². The van der Waals surface area contributed by atoms with Crippen LogP contribution in [0.4, 0.5) is 0 Å². The molecule has 3 nitrogen and oxygen atoms in total. The minimum Gasteiger partial charge on any atom is -0.386 e. The highest BCUT2D eigenvalue weighted by atomic mass is 16.3. The summed E-state index contributed by atoms with van der Waals surface area (Å²) in [6.07, 6.45) is 4.60. The third-order valence-electron chi connectivity index (χ3n) is 4.79. The lowest BCUT2D eigenvalue weighted by Crippen LogP contribution is -2.36. The normalized spacial score (nSPS) is 18.4. The smallest absolute Gasteiger partial charge is 0.0986 e. The van der Waals surface area contributed by atoms with Gasteiger partial charge in [0.15, 0.2) is 0 Å². The van der Waals surface area contributed by atoms with Crippen molar-refractivity contribution in [3.63, 3.8) is 0 Å². The Kier molecular flexibility index (Phi) is 4.35.